The highest BCUT2D eigenvalue weighted by molar-refractivity contribution is 6.05. The number of pyridine rings is 2. The van der Waals surface area contributed by atoms with Crippen LogP contribution < -0.4 is 27.4 Å². The van der Waals surface area contributed by atoms with Gasteiger partial charge in [0.15, 0.2) is 0 Å². The minimum Gasteiger partial charge on any atom is -0.445 e. The first-order valence-corrected chi connectivity index (χ1v) is 22.9. The van der Waals surface area contributed by atoms with Crippen LogP contribution in [0.2, 0.25) is 0 Å². The van der Waals surface area contributed by atoms with E-state index in [0.717, 1.165) is 66.0 Å². The van der Waals surface area contributed by atoms with Crippen molar-refractivity contribution in [1.82, 2.24) is 48.9 Å². The van der Waals surface area contributed by atoms with Gasteiger partial charge in [0.25, 0.3) is 11.8 Å². The lowest BCUT2D eigenvalue weighted by Gasteiger charge is -2.23. The molecular formula is C52H48N14O4. The maximum atomic E-state index is 13.1. The second-order valence-electron chi connectivity index (χ2n) is 16.7. The fraction of sp³-hybridized carbons (Fsp3) is 0.173. The van der Waals surface area contributed by atoms with Gasteiger partial charge in [0.2, 0.25) is 0 Å². The van der Waals surface area contributed by atoms with Crippen LogP contribution in [0, 0.1) is 0 Å². The van der Waals surface area contributed by atoms with Crippen molar-refractivity contribution in [2.75, 3.05) is 35.2 Å². The molecule has 6 aromatic heterocycles. The van der Waals surface area contributed by atoms with E-state index in [9.17, 15) is 14.4 Å². The number of imidazole rings is 2. The van der Waals surface area contributed by atoms with Crippen LogP contribution >= 0.6 is 0 Å². The van der Waals surface area contributed by atoms with Gasteiger partial charge in [0.1, 0.15) is 63.9 Å². The van der Waals surface area contributed by atoms with Gasteiger partial charge >= 0.3 is 6.09 Å². The zero-order chi connectivity index (χ0) is 48.0. The Morgan fingerprint density at radius 1 is 0.614 bits per heavy atom. The van der Waals surface area contributed by atoms with Gasteiger partial charge in [-0.15, -0.1) is 0 Å². The minimum atomic E-state index is -0.380. The molecule has 0 unspecified atom stereocenters. The number of amides is 3. The standard InChI is InChI=1S/C30H27N7O3.C22H21N7O/c31-27-26-25(21-11-13-22(14-12-21)29(38)34-24-10-4-5-15-32-24)35-28(37(26)18-16-33-27)23-9-6-17-36(23)30(39)40-19-20-7-2-1-3-8-20;23-20-19-18(28-21(16-4-3-11-24-16)29(19)13-12-26-20)14-6-8-15(9-7-14)22(30)27-17-5-1-2-10-25-17/h1-5,7-8,10-16,18,23H,6,9,17,19H2,(H2,31,33)(H,32,34,38);1-2,5-10,12-13,16,24H,3-4,11H2,(H2,23,26)(H,25,27,30)/t23-;16-/m00/s1. The molecule has 70 heavy (non-hydrogen) atoms. The molecule has 3 aromatic carbocycles. The zero-order valence-electron chi connectivity index (χ0n) is 37.9. The molecule has 11 rings (SSSR count). The smallest absolute Gasteiger partial charge is 0.410 e. The van der Waals surface area contributed by atoms with Crippen molar-refractivity contribution in [3.63, 3.8) is 0 Å². The molecule has 18 heteroatoms. The van der Waals surface area contributed by atoms with Crippen molar-refractivity contribution in [1.29, 1.82) is 0 Å². The lowest BCUT2D eigenvalue weighted by Crippen LogP contribution is -2.32. The Labute approximate surface area is 401 Å². The Morgan fingerprint density at radius 2 is 1.16 bits per heavy atom. The molecule has 8 heterocycles. The Bertz CT molecular complexity index is 3290. The first-order valence-electron chi connectivity index (χ1n) is 22.9. The van der Waals surface area contributed by atoms with Gasteiger partial charge in [-0.3, -0.25) is 23.3 Å². The predicted octanol–water partition coefficient (Wildman–Crippen LogP) is 8.15. The monoisotopic (exact) mass is 932 g/mol. The lowest BCUT2D eigenvalue weighted by molar-refractivity contribution is 0.0907. The molecule has 350 valence electrons. The number of likely N-dealkylation sites (tertiary alicyclic amines) is 1. The molecule has 3 amide bonds. The molecule has 2 fully saturated rings. The van der Waals surface area contributed by atoms with Crippen molar-refractivity contribution in [3.8, 4) is 22.5 Å². The molecule has 2 saturated heterocycles. The molecule has 0 saturated carbocycles. The number of nitrogens with two attached hydrogens (primary N) is 2. The summed E-state index contributed by atoms with van der Waals surface area (Å²) in [4.78, 5) is 66.7. The third kappa shape index (κ3) is 9.43. The van der Waals surface area contributed by atoms with Gasteiger partial charge in [-0.2, -0.15) is 0 Å². The summed E-state index contributed by atoms with van der Waals surface area (Å²) < 4.78 is 9.55. The van der Waals surface area contributed by atoms with Crippen LogP contribution in [0.5, 0.6) is 0 Å². The van der Waals surface area contributed by atoms with Crippen molar-refractivity contribution in [2.45, 2.75) is 44.4 Å². The average Bonchev–Trinajstić information content (AvgIpc) is 4.24. The fourth-order valence-corrected chi connectivity index (χ4v) is 8.83. The van der Waals surface area contributed by atoms with E-state index in [0.29, 0.717) is 58.0 Å². The van der Waals surface area contributed by atoms with Crippen molar-refractivity contribution < 1.29 is 19.1 Å². The van der Waals surface area contributed by atoms with E-state index in [4.69, 9.17) is 26.2 Å². The summed E-state index contributed by atoms with van der Waals surface area (Å²) in [6.45, 7) is 1.76. The van der Waals surface area contributed by atoms with Gasteiger partial charge in [0, 0.05) is 66.0 Å². The molecule has 18 nitrogen and oxygen atoms in total. The van der Waals surface area contributed by atoms with Gasteiger partial charge in [-0.25, -0.2) is 34.7 Å². The Hall–Kier alpha value is -9.03. The van der Waals surface area contributed by atoms with Crippen LogP contribution in [0.25, 0.3) is 33.5 Å². The first kappa shape index (κ1) is 44.8. The molecule has 0 radical (unpaired) electrons. The number of nitrogens with one attached hydrogen (secondary N) is 3. The minimum absolute atomic E-state index is 0.191. The largest absolute Gasteiger partial charge is 0.445 e. The maximum Gasteiger partial charge on any atom is 0.410 e. The zero-order valence-corrected chi connectivity index (χ0v) is 37.9. The quantitative estimate of drug-likeness (QED) is 0.0871. The molecule has 9 aromatic rings. The third-order valence-corrected chi connectivity index (χ3v) is 12.2. The number of fused-ring (bicyclic) bond motifs is 2. The number of nitrogens with zero attached hydrogens (tertiary/aromatic N) is 9. The van der Waals surface area contributed by atoms with Crippen LogP contribution in [-0.2, 0) is 11.3 Å². The molecule has 2 atom stereocenters. The van der Waals surface area contributed by atoms with Crippen molar-refractivity contribution >= 4 is 52.2 Å². The van der Waals surface area contributed by atoms with E-state index in [1.807, 2.05) is 75.7 Å². The summed E-state index contributed by atoms with van der Waals surface area (Å²) in [7, 11) is 0. The number of benzene rings is 3. The van der Waals surface area contributed by atoms with Crippen molar-refractivity contribution in [2.24, 2.45) is 0 Å². The summed E-state index contributed by atoms with van der Waals surface area (Å²) in [5, 5.41) is 9.07. The number of carbonyl (C=O) groups is 3. The van der Waals surface area contributed by atoms with E-state index in [1.54, 1.807) is 90.5 Å². The van der Waals surface area contributed by atoms with Crippen LogP contribution in [0.1, 0.15) is 75.7 Å². The predicted molar refractivity (Wildman–Crippen MR) is 265 cm³/mol. The normalized spacial score (nSPS) is 15.3. The number of carbonyl (C=O) groups excluding carboxylic acids is 3. The maximum absolute atomic E-state index is 13.1. The van der Waals surface area contributed by atoms with E-state index < -0.39 is 0 Å². The topological polar surface area (TPSA) is 238 Å². The van der Waals surface area contributed by atoms with Crippen LogP contribution in [-0.4, -0.2) is 74.6 Å². The highest BCUT2D eigenvalue weighted by Gasteiger charge is 2.35. The highest BCUT2D eigenvalue weighted by Crippen LogP contribution is 2.37. The average molecular weight is 933 g/mol. The van der Waals surface area contributed by atoms with E-state index in [1.165, 1.54) is 0 Å². The molecule has 0 spiro atoms. The van der Waals surface area contributed by atoms with Gasteiger partial charge in [-0.05, 0) is 86.3 Å². The van der Waals surface area contributed by atoms with Crippen LogP contribution in [0.4, 0.5) is 28.1 Å². The molecule has 7 N–H and O–H groups in total. The summed E-state index contributed by atoms with van der Waals surface area (Å²) in [5.41, 5.74) is 19.0. The number of rotatable bonds is 10. The van der Waals surface area contributed by atoms with Crippen molar-refractivity contribution in [3.05, 3.63) is 181 Å². The number of hydrogen-bond acceptors (Lipinski definition) is 13. The third-order valence-electron chi connectivity index (χ3n) is 12.2. The summed E-state index contributed by atoms with van der Waals surface area (Å²) in [6, 6.07) is 34.6. The number of hydrogen-bond donors (Lipinski definition) is 5. The Balaban J connectivity index is 0.000000169. The number of anilines is 4. The second-order valence-corrected chi connectivity index (χ2v) is 16.7. The molecule has 0 aliphatic carbocycles. The van der Waals surface area contributed by atoms with E-state index in [2.05, 4.69) is 35.9 Å². The number of aromatic nitrogens is 8. The van der Waals surface area contributed by atoms with Gasteiger partial charge in [0.05, 0.1) is 12.1 Å². The molecule has 0 bridgehead atoms. The molecule has 2 aliphatic heterocycles. The van der Waals surface area contributed by atoms with Gasteiger partial charge in [-0.1, -0.05) is 66.7 Å². The molecule has 2 aliphatic rings. The van der Waals surface area contributed by atoms with Crippen LogP contribution in [0.15, 0.2) is 152 Å². The second kappa shape index (κ2) is 20.1. The Morgan fingerprint density at radius 3 is 1.69 bits per heavy atom. The summed E-state index contributed by atoms with van der Waals surface area (Å²) >= 11 is 0. The first-order chi connectivity index (χ1) is 34.3. The summed E-state index contributed by atoms with van der Waals surface area (Å²) in [6.07, 6.45) is 13.6. The fourth-order valence-electron chi connectivity index (χ4n) is 8.83. The lowest BCUT2D eigenvalue weighted by atomic mass is 10.1. The van der Waals surface area contributed by atoms with E-state index >= 15 is 0 Å². The Kier molecular flexibility index (Phi) is 12.8. The van der Waals surface area contributed by atoms with Crippen LogP contribution in [0.3, 0.4) is 0 Å². The van der Waals surface area contributed by atoms with E-state index in [-0.39, 0.29) is 36.6 Å². The number of ether oxygens (including phenoxy) is 1. The van der Waals surface area contributed by atoms with Gasteiger partial charge < -0.3 is 32.2 Å². The number of nitrogen functional groups attached to an aromatic ring is 2. The summed E-state index contributed by atoms with van der Waals surface area (Å²) in [5.74, 6) is 2.88. The SMILES string of the molecule is Nc1nccn2c([C@@H]3CCCN3)nc(-c3ccc(C(=O)Nc4ccccn4)cc3)c12.Nc1nccn2c([C@@H]3CCCN3C(=O)OCc3ccccc3)nc(-c3ccc(C(=O)Nc4ccccn4)cc3)c12. The highest BCUT2D eigenvalue weighted by atomic mass is 16.6. The molecular weight excluding hydrogens is 885 g/mol.